The van der Waals surface area contributed by atoms with Crippen LogP contribution in [0.15, 0.2) is 28.0 Å². The smallest absolute Gasteiger partial charge is 0.242 e. The van der Waals surface area contributed by atoms with Crippen LogP contribution in [0.2, 0.25) is 0 Å². The van der Waals surface area contributed by atoms with E-state index in [2.05, 4.69) is 0 Å². The average molecular weight is 398 g/mol. The highest BCUT2D eigenvalue weighted by atomic mass is 32.2. The molecule has 0 saturated carbocycles. The fraction of sp³-hybridized carbons (Fsp3) is 0.529. The number of carbonyl (C=O) groups excluding carboxylic acids is 2. The Labute approximate surface area is 158 Å². The molecule has 26 heavy (non-hydrogen) atoms. The number of hydrogen-bond acceptors (Lipinski definition) is 5. The fourth-order valence-corrected chi connectivity index (χ4v) is 5.33. The van der Waals surface area contributed by atoms with Gasteiger partial charge in [-0.1, -0.05) is 0 Å². The number of likely N-dealkylation sites (tertiary alicyclic amines) is 1. The van der Waals surface area contributed by atoms with E-state index in [9.17, 15) is 18.0 Å². The topological polar surface area (TPSA) is 78.0 Å². The van der Waals surface area contributed by atoms with Crippen molar-refractivity contribution in [2.75, 3.05) is 39.1 Å². The predicted octanol–water partition coefficient (Wildman–Crippen LogP) is 1.39. The Morgan fingerprint density at radius 3 is 2.54 bits per heavy atom. The monoisotopic (exact) mass is 397 g/mol. The number of nitrogens with zero attached hydrogens (tertiary/aromatic N) is 3. The molecule has 0 aliphatic carbocycles. The van der Waals surface area contributed by atoms with Crippen molar-refractivity contribution in [2.24, 2.45) is 0 Å². The van der Waals surface area contributed by atoms with Crippen LogP contribution in [0.25, 0.3) is 0 Å². The van der Waals surface area contributed by atoms with Crippen molar-refractivity contribution in [1.29, 1.82) is 0 Å². The fourth-order valence-electron chi connectivity index (χ4n) is 3.15. The molecule has 0 spiro atoms. The summed E-state index contributed by atoms with van der Waals surface area (Å²) in [4.78, 5) is 29.3. The van der Waals surface area contributed by atoms with Crippen molar-refractivity contribution in [1.82, 2.24) is 9.21 Å². The molecule has 1 atom stereocenters. The van der Waals surface area contributed by atoms with E-state index in [-0.39, 0.29) is 23.1 Å². The third-order valence-electron chi connectivity index (χ3n) is 4.76. The summed E-state index contributed by atoms with van der Waals surface area (Å²) in [5.41, 5.74) is 0.563. The highest BCUT2D eigenvalue weighted by Crippen LogP contribution is 2.41. The highest BCUT2D eigenvalue weighted by molar-refractivity contribution is 8.01. The largest absolute Gasteiger partial charge is 0.343 e. The third-order valence-corrected chi connectivity index (χ3v) is 7.83. The van der Waals surface area contributed by atoms with Gasteiger partial charge in [-0.15, -0.1) is 11.8 Å². The molecule has 142 valence electrons. The van der Waals surface area contributed by atoms with Crippen molar-refractivity contribution >= 4 is 39.3 Å². The summed E-state index contributed by atoms with van der Waals surface area (Å²) < 4.78 is 25.8. The van der Waals surface area contributed by atoms with Crippen LogP contribution in [-0.4, -0.2) is 68.9 Å². The van der Waals surface area contributed by atoms with Gasteiger partial charge in [-0.3, -0.25) is 9.59 Å². The number of hydrogen-bond donors (Lipinski definition) is 0. The number of sulfonamides is 1. The lowest BCUT2D eigenvalue weighted by Crippen LogP contribution is -2.41. The molecule has 0 N–H and O–H groups in total. The lowest BCUT2D eigenvalue weighted by molar-refractivity contribution is -0.131. The second kappa shape index (κ2) is 7.21. The number of anilines is 1. The van der Waals surface area contributed by atoms with Gasteiger partial charge in [0.25, 0.3) is 0 Å². The van der Waals surface area contributed by atoms with E-state index in [1.165, 1.54) is 36.8 Å². The minimum Gasteiger partial charge on any atom is -0.343 e. The van der Waals surface area contributed by atoms with Crippen LogP contribution in [-0.2, 0) is 19.6 Å². The first-order valence-electron chi connectivity index (χ1n) is 8.50. The van der Waals surface area contributed by atoms with Crippen molar-refractivity contribution in [3.05, 3.63) is 18.2 Å². The van der Waals surface area contributed by atoms with Crippen LogP contribution in [0.5, 0.6) is 0 Å². The van der Waals surface area contributed by atoms with Gasteiger partial charge in [-0.05, 0) is 31.0 Å². The van der Waals surface area contributed by atoms with Crippen LogP contribution in [0.3, 0.4) is 0 Å². The minimum absolute atomic E-state index is 0.0111. The second-order valence-electron chi connectivity index (χ2n) is 6.71. The highest BCUT2D eigenvalue weighted by Gasteiger charge is 2.35. The first-order chi connectivity index (χ1) is 12.2. The molecule has 7 nitrogen and oxygen atoms in total. The molecule has 0 bridgehead atoms. The second-order valence-corrected chi connectivity index (χ2v) is 10.1. The molecular weight excluding hydrogens is 374 g/mol. The Balaban J connectivity index is 1.84. The van der Waals surface area contributed by atoms with Gasteiger partial charge in [-0.25, -0.2) is 12.7 Å². The van der Waals surface area contributed by atoms with Crippen LogP contribution in [0.1, 0.15) is 19.3 Å². The molecule has 2 amide bonds. The average Bonchev–Trinajstić information content (AvgIpc) is 3.13. The van der Waals surface area contributed by atoms with Gasteiger partial charge in [0.2, 0.25) is 21.8 Å². The maximum Gasteiger partial charge on any atom is 0.242 e. The molecular formula is C17H23N3O4S2. The van der Waals surface area contributed by atoms with Crippen LogP contribution >= 0.6 is 11.8 Å². The van der Waals surface area contributed by atoms with Gasteiger partial charge in [0.15, 0.2) is 0 Å². The number of thioether (sulfide) groups is 1. The Kier molecular flexibility index (Phi) is 5.32. The van der Waals surface area contributed by atoms with Crippen LogP contribution < -0.4 is 4.90 Å². The van der Waals surface area contributed by atoms with Gasteiger partial charge in [0.05, 0.1) is 15.8 Å². The van der Waals surface area contributed by atoms with Gasteiger partial charge in [0.1, 0.15) is 0 Å². The Morgan fingerprint density at radius 1 is 1.27 bits per heavy atom. The van der Waals surface area contributed by atoms with Crippen molar-refractivity contribution in [2.45, 2.75) is 34.3 Å². The summed E-state index contributed by atoms with van der Waals surface area (Å²) in [6.45, 7) is 1.53. The Bertz CT molecular complexity index is 832. The number of carbonyl (C=O) groups is 2. The first kappa shape index (κ1) is 19.2. The van der Waals surface area contributed by atoms with Crippen molar-refractivity contribution < 1.29 is 18.0 Å². The number of benzene rings is 1. The van der Waals surface area contributed by atoms with Gasteiger partial charge in [-0.2, -0.15) is 0 Å². The molecule has 1 saturated heterocycles. The van der Waals surface area contributed by atoms with Crippen molar-refractivity contribution in [3.63, 3.8) is 0 Å². The molecule has 1 aromatic carbocycles. The summed E-state index contributed by atoms with van der Waals surface area (Å²) in [5.74, 6) is -0.161. The molecule has 3 rings (SSSR count). The first-order valence-corrected chi connectivity index (χ1v) is 10.8. The lowest BCUT2D eigenvalue weighted by atomic mass is 10.2. The zero-order valence-corrected chi connectivity index (χ0v) is 16.8. The predicted molar refractivity (Wildman–Crippen MR) is 101 cm³/mol. The van der Waals surface area contributed by atoms with E-state index in [0.29, 0.717) is 5.69 Å². The molecule has 2 aliphatic heterocycles. The Morgan fingerprint density at radius 2 is 1.92 bits per heavy atom. The minimum atomic E-state index is -3.57. The molecule has 0 radical (unpaired) electrons. The molecule has 1 fully saturated rings. The van der Waals surface area contributed by atoms with Gasteiger partial charge >= 0.3 is 0 Å². The molecule has 9 heteroatoms. The van der Waals surface area contributed by atoms with E-state index >= 15 is 0 Å². The third kappa shape index (κ3) is 3.47. The van der Waals surface area contributed by atoms with Crippen LogP contribution in [0.4, 0.5) is 5.69 Å². The summed E-state index contributed by atoms with van der Waals surface area (Å²) in [7, 11) is 0.997. The molecule has 1 aromatic rings. The SMILES string of the molecule is CN1C(=O)C(CC(=O)N2CCCC2)Sc2ccc(S(=O)(=O)N(C)C)cc21. The van der Waals surface area contributed by atoms with E-state index < -0.39 is 15.3 Å². The molecule has 2 heterocycles. The van der Waals surface area contributed by atoms with E-state index in [0.717, 1.165) is 35.1 Å². The number of amides is 2. The van der Waals surface area contributed by atoms with E-state index in [1.807, 2.05) is 4.90 Å². The van der Waals surface area contributed by atoms with Gasteiger partial charge in [0, 0.05) is 45.5 Å². The lowest BCUT2D eigenvalue weighted by Gasteiger charge is -2.32. The molecule has 2 aliphatic rings. The zero-order chi connectivity index (χ0) is 19.1. The standard InChI is InChI=1S/C17H23N3O4S2/c1-18(2)26(23,24)12-6-7-14-13(10-12)19(3)17(22)15(25-14)11-16(21)20-8-4-5-9-20/h6-7,10,15H,4-5,8-9,11H2,1-3H3. The van der Waals surface area contributed by atoms with Crippen molar-refractivity contribution in [3.8, 4) is 0 Å². The summed E-state index contributed by atoms with van der Waals surface area (Å²) >= 11 is 1.34. The van der Waals surface area contributed by atoms with E-state index in [1.54, 1.807) is 19.2 Å². The normalized spacial score (nSPS) is 20.6. The quantitative estimate of drug-likeness (QED) is 0.767. The maximum absolute atomic E-state index is 12.7. The summed E-state index contributed by atoms with van der Waals surface area (Å²) in [6, 6.07) is 4.78. The zero-order valence-electron chi connectivity index (χ0n) is 15.1. The number of rotatable bonds is 4. The Hall–Kier alpha value is -1.58. The summed E-state index contributed by atoms with van der Waals surface area (Å²) in [5, 5.41) is -0.475. The van der Waals surface area contributed by atoms with Crippen LogP contribution in [0, 0.1) is 0 Å². The molecule has 0 aromatic heterocycles. The van der Waals surface area contributed by atoms with E-state index in [4.69, 9.17) is 0 Å². The van der Waals surface area contributed by atoms with Gasteiger partial charge < -0.3 is 9.80 Å². The number of fused-ring (bicyclic) bond motifs is 1. The maximum atomic E-state index is 12.7. The summed E-state index contributed by atoms with van der Waals surface area (Å²) in [6.07, 6.45) is 2.21. The molecule has 1 unspecified atom stereocenters.